The zero-order chi connectivity index (χ0) is 11.3. The third kappa shape index (κ3) is 4.62. The molecule has 15 heavy (non-hydrogen) atoms. The largest absolute Gasteiger partial charge is 0.0777 e. The molecular weight excluding hydrogens is 292 g/mol. The molecule has 0 atom stereocenters. The fourth-order valence-electron chi connectivity index (χ4n) is 1.09. The molecule has 0 fully saturated rings. The summed E-state index contributed by atoms with van der Waals surface area (Å²) >= 11 is 11.2. The van der Waals surface area contributed by atoms with Gasteiger partial charge in [-0.1, -0.05) is 64.8 Å². The molecule has 0 nitrogen and oxygen atoms in total. The third-order valence-electron chi connectivity index (χ3n) is 1.95. The van der Waals surface area contributed by atoms with Crippen molar-refractivity contribution in [3.05, 3.63) is 38.7 Å². The van der Waals surface area contributed by atoms with Gasteiger partial charge in [0.25, 0.3) is 0 Å². The Morgan fingerprint density at radius 2 is 2.27 bits per heavy atom. The fraction of sp³-hybridized carbons (Fsp3) is 0.333. The number of rotatable bonds is 4. The summed E-state index contributed by atoms with van der Waals surface area (Å²) in [6.45, 7) is 4.24. The fourth-order valence-corrected chi connectivity index (χ4v) is 2.79. The van der Waals surface area contributed by atoms with E-state index in [4.69, 9.17) is 11.6 Å². The molecule has 0 saturated heterocycles. The van der Waals surface area contributed by atoms with Crippen molar-refractivity contribution in [1.29, 1.82) is 0 Å². The molecule has 1 rings (SSSR count). The summed E-state index contributed by atoms with van der Waals surface area (Å²) in [5, 5.41) is 0. The van der Waals surface area contributed by atoms with Crippen molar-refractivity contribution in [1.82, 2.24) is 0 Å². The molecule has 0 unspecified atom stereocenters. The molecular formula is C12H14BrClS. The minimum atomic E-state index is 0.859. The maximum absolute atomic E-state index is 6.13. The second kappa shape index (κ2) is 6.62. The number of thioether (sulfide) groups is 1. The molecule has 0 aliphatic rings. The van der Waals surface area contributed by atoms with E-state index in [0.717, 1.165) is 21.7 Å². The van der Waals surface area contributed by atoms with Gasteiger partial charge in [-0.05, 0) is 31.0 Å². The first-order valence-electron chi connectivity index (χ1n) is 4.93. The van der Waals surface area contributed by atoms with Crippen LogP contribution >= 0.6 is 39.3 Å². The summed E-state index contributed by atoms with van der Waals surface area (Å²) in [4.78, 5) is 1.21. The lowest BCUT2D eigenvalue weighted by Gasteiger charge is -2.04. The lowest BCUT2D eigenvalue weighted by molar-refractivity contribution is 0.959. The molecule has 0 radical (unpaired) electrons. The molecule has 0 aromatic heterocycles. The van der Waals surface area contributed by atoms with E-state index < -0.39 is 0 Å². The summed E-state index contributed by atoms with van der Waals surface area (Å²) in [5.74, 6) is 0. The normalized spacial score (nSPS) is 11.9. The average molecular weight is 306 g/mol. The maximum Gasteiger partial charge on any atom is 0.0742 e. The van der Waals surface area contributed by atoms with Crippen molar-refractivity contribution in [2.24, 2.45) is 0 Å². The molecule has 0 aliphatic heterocycles. The van der Waals surface area contributed by atoms with Gasteiger partial charge in [0.1, 0.15) is 0 Å². The van der Waals surface area contributed by atoms with Gasteiger partial charge in [-0.15, -0.1) is 0 Å². The highest BCUT2D eigenvalue weighted by molar-refractivity contribution is 9.10. The van der Waals surface area contributed by atoms with Crippen molar-refractivity contribution < 1.29 is 0 Å². The third-order valence-corrected chi connectivity index (χ3v) is 3.85. The van der Waals surface area contributed by atoms with Crippen molar-refractivity contribution in [3.63, 3.8) is 0 Å². The highest BCUT2D eigenvalue weighted by Gasteiger charge is 2.02. The molecule has 1 aromatic carbocycles. The Kier molecular flexibility index (Phi) is 5.80. The summed E-state index contributed by atoms with van der Waals surface area (Å²) in [7, 11) is 0. The summed E-state index contributed by atoms with van der Waals surface area (Å²) in [6.07, 6.45) is 4.25. The molecule has 82 valence electrons. The van der Waals surface area contributed by atoms with Gasteiger partial charge in [0, 0.05) is 9.37 Å². The van der Waals surface area contributed by atoms with E-state index in [1.807, 2.05) is 6.07 Å². The first-order chi connectivity index (χ1) is 7.13. The molecule has 1 aromatic rings. The van der Waals surface area contributed by atoms with E-state index >= 15 is 0 Å². The van der Waals surface area contributed by atoms with Crippen LogP contribution in [-0.2, 0) is 0 Å². The summed E-state index contributed by atoms with van der Waals surface area (Å²) < 4.78 is 1.95. The quantitative estimate of drug-likeness (QED) is 0.640. The number of benzene rings is 1. The smallest absolute Gasteiger partial charge is 0.0742 e. The Morgan fingerprint density at radius 1 is 1.53 bits per heavy atom. The average Bonchev–Trinajstić information content (AvgIpc) is 2.20. The molecule has 3 heteroatoms. The van der Waals surface area contributed by atoms with Gasteiger partial charge < -0.3 is 0 Å². The van der Waals surface area contributed by atoms with Crippen LogP contribution in [0.15, 0.2) is 38.0 Å². The molecule has 0 heterocycles. The van der Waals surface area contributed by atoms with Crippen molar-refractivity contribution in [2.75, 3.05) is 0 Å². The second-order valence-electron chi connectivity index (χ2n) is 3.31. The molecule has 0 aliphatic carbocycles. The van der Waals surface area contributed by atoms with Crippen LogP contribution in [0.3, 0.4) is 0 Å². The van der Waals surface area contributed by atoms with E-state index in [-0.39, 0.29) is 0 Å². The van der Waals surface area contributed by atoms with Crippen LogP contribution < -0.4 is 0 Å². The van der Waals surface area contributed by atoms with E-state index in [9.17, 15) is 0 Å². The maximum atomic E-state index is 6.13. The van der Waals surface area contributed by atoms with Crippen molar-refractivity contribution in [2.45, 2.75) is 31.6 Å². The number of hydrogen-bond donors (Lipinski definition) is 0. The number of allylic oxidation sites excluding steroid dienone is 1. The standard InChI is InChI=1S/C12H14BrClS/c1-3-4-5-12(14)15-11-8-10(13)7-6-9(11)2/h5-8H,3-4H2,1-2H3/b12-5+. The Labute approximate surface area is 109 Å². The minimum absolute atomic E-state index is 0.859. The predicted molar refractivity (Wildman–Crippen MR) is 73.6 cm³/mol. The van der Waals surface area contributed by atoms with Crippen LogP contribution in [-0.4, -0.2) is 0 Å². The summed E-state index contributed by atoms with van der Waals surface area (Å²) in [6, 6.07) is 6.24. The van der Waals surface area contributed by atoms with Crippen molar-refractivity contribution >= 4 is 39.3 Å². The molecule has 0 amide bonds. The predicted octanol–water partition coefficient (Wildman–Crippen LogP) is 5.73. The van der Waals surface area contributed by atoms with Gasteiger partial charge in [0.15, 0.2) is 0 Å². The molecule has 0 spiro atoms. The first kappa shape index (κ1) is 13.1. The van der Waals surface area contributed by atoms with Gasteiger partial charge in [0.05, 0.1) is 4.36 Å². The van der Waals surface area contributed by atoms with Crippen LogP contribution in [0.1, 0.15) is 25.3 Å². The van der Waals surface area contributed by atoms with Gasteiger partial charge in [-0.25, -0.2) is 0 Å². The van der Waals surface area contributed by atoms with Gasteiger partial charge in [-0.2, -0.15) is 0 Å². The minimum Gasteiger partial charge on any atom is -0.0777 e. The number of unbranched alkanes of at least 4 members (excludes halogenated alkanes) is 1. The van der Waals surface area contributed by atoms with Crippen LogP contribution in [0.25, 0.3) is 0 Å². The highest BCUT2D eigenvalue weighted by atomic mass is 79.9. The van der Waals surface area contributed by atoms with E-state index in [1.54, 1.807) is 11.8 Å². The van der Waals surface area contributed by atoms with E-state index in [2.05, 4.69) is 48.0 Å². The molecule has 0 N–H and O–H groups in total. The van der Waals surface area contributed by atoms with E-state index in [1.165, 1.54) is 10.5 Å². The first-order valence-corrected chi connectivity index (χ1v) is 6.92. The van der Waals surface area contributed by atoms with E-state index in [0.29, 0.717) is 0 Å². The molecule has 0 bridgehead atoms. The van der Waals surface area contributed by atoms with Crippen LogP contribution in [0.2, 0.25) is 0 Å². The zero-order valence-electron chi connectivity index (χ0n) is 8.89. The highest BCUT2D eigenvalue weighted by Crippen LogP contribution is 2.33. The van der Waals surface area contributed by atoms with Gasteiger partial charge >= 0.3 is 0 Å². The Morgan fingerprint density at radius 3 is 2.93 bits per heavy atom. The number of halogens is 2. The Balaban J connectivity index is 2.75. The topological polar surface area (TPSA) is 0 Å². The van der Waals surface area contributed by atoms with Crippen LogP contribution in [0.4, 0.5) is 0 Å². The lowest BCUT2D eigenvalue weighted by atomic mass is 10.2. The molecule has 0 saturated carbocycles. The van der Waals surface area contributed by atoms with Gasteiger partial charge in [-0.3, -0.25) is 0 Å². The monoisotopic (exact) mass is 304 g/mol. The lowest BCUT2D eigenvalue weighted by Crippen LogP contribution is -1.79. The second-order valence-corrected chi connectivity index (χ2v) is 5.94. The summed E-state index contributed by atoms with van der Waals surface area (Å²) in [5.41, 5.74) is 1.26. The number of hydrogen-bond acceptors (Lipinski definition) is 1. The van der Waals surface area contributed by atoms with Crippen molar-refractivity contribution in [3.8, 4) is 0 Å². The number of aryl methyl sites for hydroxylation is 1. The van der Waals surface area contributed by atoms with Crippen LogP contribution in [0, 0.1) is 6.92 Å². The zero-order valence-corrected chi connectivity index (χ0v) is 12.0. The Bertz CT molecular complexity index is 361. The van der Waals surface area contributed by atoms with Crippen LogP contribution in [0.5, 0.6) is 0 Å². The van der Waals surface area contributed by atoms with Gasteiger partial charge in [0.2, 0.25) is 0 Å². The SMILES string of the molecule is CCC/C=C(\Cl)Sc1cc(Br)ccc1C. The Hall–Kier alpha value is 0.0800.